The quantitative estimate of drug-likeness (QED) is 0.126. The molecule has 2 unspecified atom stereocenters. The van der Waals surface area contributed by atoms with Gasteiger partial charge in [-0.25, -0.2) is 0 Å². The highest BCUT2D eigenvalue weighted by atomic mass is 15.1. The first-order valence-corrected chi connectivity index (χ1v) is 35.8. The summed E-state index contributed by atoms with van der Waals surface area (Å²) < 4.78 is 0. The Hall–Kier alpha value is -11.3. The first-order chi connectivity index (χ1) is 48.6. The number of benzene rings is 14. The van der Waals surface area contributed by atoms with E-state index < -0.39 is 0 Å². The molecule has 2 atom stereocenters. The van der Waals surface area contributed by atoms with E-state index in [4.69, 9.17) is 0 Å². The van der Waals surface area contributed by atoms with Gasteiger partial charge in [-0.15, -0.1) is 0 Å². The van der Waals surface area contributed by atoms with Gasteiger partial charge in [0.15, 0.2) is 0 Å². The van der Waals surface area contributed by atoms with Crippen LogP contribution in [0.4, 0.5) is 34.1 Å². The van der Waals surface area contributed by atoms with Gasteiger partial charge in [-0.3, -0.25) is 0 Å². The highest BCUT2D eigenvalue weighted by Crippen LogP contribution is 2.59. The van der Waals surface area contributed by atoms with Crippen LogP contribution in [0.25, 0.3) is 99.4 Å². The molecule has 480 valence electrons. The zero-order valence-electron chi connectivity index (χ0n) is 58.1. The molecule has 14 aromatic carbocycles. The van der Waals surface area contributed by atoms with E-state index in [0.717, 1.165) is 34.1 Å². The summed E-state index contributed by atoms with van der Waals surface area (Å²) in [7, 11) is 0. The normalized spacial score (nSPS) is 16.8. The number of rotatable bonds is 10. The molecule has 2 nitrogen and oxygen atoms in total. The maximum Gasteiger partial charge on any atom is 0.0468 e. The Bertz CT molecular complexity index is 5710. The molecule has 0 saturated carbocycles. The summed E-state index contributed by atoms with van der Waals surface area (Å²) in [4.78, 5) is 5.13. The molecule has 0 amide bonds. The molecule has 0 aromatic heterocycles. The van der Waals surface area contributed by atoms with Crippen molar-refractivity contribution in [3.05, 3.63) is 360 Å². The van der Waals surface area contributed by atoms with Crippen LogP contribution in [0.3, 0.4) is 0 Å². The van der Waals surface area contributed by atoms with E-state index in [-0.39, 0.29) is 21.7 Å². The summed E-state index contributed by atoms with van der Waals surface area (Å²) in [5.41, 5.74) is 34.3. The molecular formula is C98H78N2. The summed E-state index contributed by atoms with van der Waals surface area (Å²) in [6, 6.07) is 111. The molecule has 100 heavy (non-hydrogen) atoms. The van der Waals surface area contributed by atoms with Gasteiger partial charge in [0.1, 0.15) is 0 Å². The first-order valence-electron chi connectivity index (χ1n) is 35.8. The molecule has 19 rings (SSSR count). The van der Waals surface area contributed by atoms with E-state index in [1.54, 1.807) is 0 Å². The van der Waals surface area contributed by atoms with Crippen molar-refractivity contribution in [3.63, 3.8) is 0 Å². The van der Waals surface area contributed by atoms with Crippen LogP contribution in [0, 0.1) is 5.92 Å². The number of nitrogens with zero attached hydrogens (tertiary/aromatic N) is 2. The molecule has 2 heteroatoms. The lowest BCUT2D eigenvalue weighted by molar-refractivity contribution is 0.394. The fraction of sp³-hybridized carbons (Fsp3) is 0.143. The van der Waals surface area contributed by atoms with E-state index in [9.17, 15) is 0 Å². The second-order valence-electron chi connectivity index (χ2n) is 30.7. The molecule has 0 bridgehead atoms. The van der Waals surface area contributed by atoms with Gasteiger partial charge in [0.25, 0.3) is 0 Å². The molecule has 14 aromatic rings. The number of allylic oxidation sites excluding steroid dienone is 4. The average Bonchev–Trinajstić information content (AvgIpc) is 0.804. The van der Waals surface area contributed by atoms with Gasteiger partial charge in [0, 0.05) is 56.3 Å². The van der Waals surface area contributed by atoms with Gasteiger partial charge in [-0.2, -0.15) is 0 Å². The largest absolute Gasteiger partial charge is 0.310 e. The predicted molar refractivity (Wildman–Crippen MR) is 423 cm³/mol. The maximum absolute atomic E-state index is 2.57. The second kappa shape index (κ2) is 22.1. The van der Waals surface area contributed by atoms with Crippen LogP contribution in [0.1, 0.15) is 106 Å². The molecule has 0 saturated heterocycles. The third kappa shape index (κ3) is 8.81. The van der Waals surface area contributed by atoms with Gasteiger partial charge in [-0.1, -0.05) is 298 Å². The Kier molecular flexibility index (Phi) is 13.2. The van der Waals surface area contributed by atoms with Crippen molar-refractivity contribution in [2.45, 2.75) is 83.0 Å². The Balaban J connectivity index is 0.911. The highest BCUT2D eigenvalue weighted by molar-refractivity contribution is 6.24. The van der Waals surface area contributed by atoms with Crippen molar-refractivity contribution in [2.75, 3.05) is 9.80 Å². The average molecular weight is 1280 g/mol. The van der Waals surface area contributed by atoms with Crippen LogP contribution in [0.15, 0.2) is 315 Å². The fourth-order valence-electron chi connectivity index (χ4n) is 18.9. The van der Waals surface area contributed by atoms with Crippen molar-refractivity contribution >= 4 is 55.7 Å². The van der Waals surface area contributed by atoms with E-state index in [0.29, 0.717) is 11.8 Å². The summed E-state index contributed by atoms with van der Waals surface area (Å²) >= 11 is 0. The van der Waals surface area contributed by atoms with Crippen LogP contribution in [-0.4, -0.2) is 0 Å². The standard InChI is InChI=1S/C98H78N2/c1-95(2)85-39-23-19-33-71(85)75-49-43-65(57-89(75)95)99(66-44-50-76-72-34-20-24-40-86(72)96(3,4)90(76)58-66)63-47-53-81-83(55-63)93(79-37-17-15-31-69(79)61-27-11-9-12-28-61)82-54-48-64(56-84(82)94(81)80-38-18-16-32-70(80)62-29-13-10-14-30-62)100(67-45-51-77-73-35-21-25-41-87(73)97(5,6)91(77)59-67)68-46-52-78-74-36-22-26-42-88(74)98(7,8)92(78)60-68/h9-60,71,85H,1-8H3. The molecule has 5 aliphatic carbocycles. The first kappa shape index (κ1) is 59.9. The maximum atomic E-state index is 2.57. The lowest BCUT2D eigenvalue weighted by Gasteiger charge is -2.31. The molecule has 5 aliphatic rings. The van der Waals surface area contributed by atoms with Crippen molar-refractivity contribution in [1.29, 1.82) is 0 Å². The number of anilines is 6. The third-order valence-electron chi connectivity index (χ3n) is 24.0. The minimum Gasteiger partial charge on any atom is -0.310 e. The third-order valence-corrected chi connectivity index (χ3v) is 24.0. The molecule has 0 radical (unpaired) electrons. The summed E-state index contributed by atoms with van der Waals surface area (Å²) in [6.07, 6.45) is 9.36. The van der Waals surface area contributed by atoms with Gasteiger partial charge in [0.2, 0.25) is 0 Å². The second-order valence-corrected chi connectivity index (χ2v) is 30.7. The molecule has 0 fully saturated rings. The Labute approximate surface area is 588 Å². The molecule has 0 heterocycles. The lowest BCUT2D eigenvalue weighted by atomic mass is 9.74. The number of fused-ring (bicyclic) bond motifs is 14. The number of hydrogen-bond acceptors (Lipinski definition) is 2. The van der Waals surface area contributed by atoms with Gasteiger partial charge in [0.05, 0.1) is 0 Å². The van der Waals surface area contributed by atoms with E-state index >= 15 is 0 Å². The summed E-state index contributed by atoms with van der Waals surface area (Å²) in [6.45, 7) is 19.3. The topological polar surface area (TPSA) is 6.48 Å². The van der Waals surface area contributed by atoms with Crippen LogP contribution < -0.4 is 9.80 Å². The van der Waals surface area contributed by atoms with E-state index in [1.165, 1.54) is 144 Å². The van der Waals surface area contributed by atoms with E-state index in [2.05, 4.69) is 381 Å². The Morgan fingerprint density at radius 2 is 0.550 bits per heavy atom. The zero-order chi connectivity index (χ0) is 67.6. The van der Waals surface area contributed by atoms with Crippen LogP contribution in [-0.2, 0) is 21.7 Å². The minimum atomic E-state index is -0.213. The van der Waals surface area contributed by atoms with Crippen LogP contribution >= 0.6 is 0 Å². The molecular weight excluding hydrogens is 1210 g/mol. The molecule has 0 aliphatic heterocycles. The monoisotopic (exact) mass is 1280 g/mol. The summed E-state index contributed by atoms with van der Waals surface area (Å²) in [5.74, 6) is 0.706. The Morgan fingerprint density at radius 3 is 0.960 bits per heavy atom. The van der Waals surface area contributed by atoms with Crippen molar-refractivity contribution in [2.24, 2.45) is 5.92 Å². The van der Waals surface area contributed by atoms with Crippen LogP contribution in [0.2, 0.25) is 0 Å². The smallest absolute Gasteiger partial charge is 0.0468 e. The fourth-order valence-corrected chi connectivity index (χ4v) is 18.9. The lowest BCUT2D eigenvalue weighted by Crippen LogP contribution is -2.24. The van der Waals surface area contributed by atoms with Crippen LogP contribution in [0.5, 0.6) is 0 Å². The number of hydrogen-bond donors (Lipinski definition) is 0. The van der Waals surface area contributed by atoms with Crippen molar-refractivity contribution in [3.8, 4) is 77.9 Å². The highest BCUT2D eigenvalue weighted by Gasteiger charge is 2.45. The minimum absolute atomic E-state index is 0.0947. The van der Waals surface area contributed by atoms with E-state index in [1.807, 2.05) is 0 Å². The van der Waals surface area contributed by atoms with Crippen molar-refractivity contribution in [1.82, 2.24) is 0 Å². The zero-order valence-corrected chi connectivity index (χ0v) is 58.1. The van der Waals surface area contributed by atoms with Gasteiger partial charge in [-0.05, 0) is 228 Å². The van der Waals surface area contributed by atoms with Gasteiger partial charge >= 0.3 is 0 Å². The van der Waals surface area contributed by atoms with Gasteiger partial charge < -0.3 is 9.80 Å². The SMILES string of the molecule is CC1(C)c2ccccc2-c2ccc(N(c3ccc4c(c3)C(C)(C)c3ccccc3-4)c3ccc4c(-c5ccccc5-c5ccccc5)c5cc(N(c6ccc7c(c6)C(C)(C)c6ccccc6-7)c6ccc7c(c6)C(C)(C)C6C=CC=CC76)ccc5c(-c5ccccc5-c5ccccc5)c4c3)cc21. The Morgan fingerprint density at radius 1 is 0.240 bits per heavy atom. The molecule has 0 spiro atoms. The predicted octanol–water partition coefficient (Wildman–Crippen LogP) is 26.6. The summed E-state index contributed by atoms with van der Waals surface area (Å²) in [5, 5.41) is 4.71. The molecule has 0 N–H and O–H groups in total. The van der Waals surface area contributed by atoms with Crippen molar-refractivity contribution < 1.29 is 0 Å².